The third-order valence-corrected chi connectivity index (χ3v) is 5.40. The number of carboxylic acids is 1. The van der Waals surface area contributed by atoms with Crippen LogP contribution < -0.4 is 10.5 Å². The van der Waals surface area contributed by atoms with E-state index < -0.39 is 27.9 Å². The van der Waals surface area contributed by atoms with E-state index in [0.29, 0.717) is 24.2 Å². The van der Waals surface area contributed by atoms with Gasteiger partial charge in [-0.1, -0.05) is 6.92 Å². The molecule has 0 aliphatic carbocycles. The van der Waals surface area contributed by atoms with E-state index in [1.807, 2.05) is 6.92 Å². The van der Waals surface area contributed by atoms with Crippen LogP contribution in [0.1, 0.15) is 24.5 Å². The lowest BCUT2D eigenvalue weighted by atomic mass is 9.91. The second-order valence-corrected chi connectivity index (χ2v) is 8.23. The van der Waals surface area contributed by atoms with Gasteiger partial charge in [-0.15, -0.1) is 0 Å². The summed E-state index contributed by atoms with van der Waals surface area (Å²) in [4.78, 5) is 25.2. The minimum atomic E-state index is -3.90. The van der Waals surface area contributed by atoms with Gasteiger partial charge in [0.15, 0.2) is 0 Å². The van der Waals surface area contributed by atoms with E-state index in [1.54, 1.807) is 13.8 Å². The number of carboxylic acid groups (broad SMARTS) is 1. The van der Waals surface area contributed by atoms with Crippen LogP contribution in [0, 0.1) is 25.7 Å². The van der Waals surface area contributed by atoms with Gasteiger partial charge >= 0.3 is 12.0 Å². The summed E-state index contributed by atoms with van der Waals surface area (Å²) in [5, 5.41) is 17.1. The van der Waals surface area contributed by atoms with Crippen LogP contribution in [0.25, 0.3) is 0 Å². The third kappa shape index (κ3) is 4.49. The number of likely N-dealkylation sites (tertiary alicyclic amines) is 1. The molecule has 1 saturated heterocycles. The standard InChI is InChI=1S/C16H23N3O5S/c1-9-4-12(15(20)21)8-19(7-9)16(22)18-14-6-13(25(17,23)24)5-10(2)11(14)3/h5-6,9,12H,4,7-8H2,1-3H3,(H,18,22)(H,20,21)(H2,17,23,24). The molecule has 1 aromatic carbocycles. The van der Waals surface area contributed by atoms with Crippen LogP contribution in [0.15, 0.2) is 17.0 Å². The number of nitrogens with zero attached hydrogens (tertiary/aromatic N) is 1. The Balaban J connectivity index is 2.25. The van der Waals surface area contributed by atoms with Gasteiger partial charge in [-0.25, -0.2) is 18.4 Å². The molecule has 9 heteroatoms. The number of primary sulfonamides is 1. The summed E-state index contributed by atoms with van der Waals surface area (Å²) in [5.74, 6) is -1.46. The van der Waals surface area contributed by atoms with Crippen molar-refractivity contribution >= 4 is 27.7 Å². The molecule has 4 N–H and O–H groups in total. The lowest BCUT2D eigenvalue weighted by Gasteiger charge is -2.34. The first-order valence-corrected chi connectivity index (χ1v) is 9.46. The number of aliphatic carboxylic acids is 1. The van der Waals surface area contributed by atoms with Crippen LogP contribution in [-0.2, 0) is 14.8 Å². The van der Waals surface area contributed by atoms with Crippen LogP contribution in [0.5, 0.6) is 0 Å². The van der Waals surface area contributed by atoms with Gasteiger partial charge in [-0.3, -0.25) is 4.79 Å². The number of aryl methyl sites for hydroxylation is 1. The maximum absolute atomic E-state index is 12.5. The predicted octanol–water partition coefficient (Wildman–Crippen LogP) is 1.53. The summed E-state index contributed by atoms with van der Waals surface area (Å²) in [6, 6.07) is 2.31. The first-order chi connectivity index (χ1) is 11.5. The minimum absolute atomic E-state index is 0.0687. The first-order valence-electron chi connectivity index (χ1n) is 7.91. The van der Waals surface area contributed by atoms with Crippen LogP contribution in [0.4, 0.5) is 10.5 Å². The lowest BCUT2D eigenvalue weighted by molar-refractivity contribution is -0.143. The van der Waals surface area contributed by atoms with Crippen molar-refractivity contribution in [3.63, 3.8) is 0 Å². The number of carbonyl (C=O) groups excluding carboxylic acids is 1. The van der Waals surface area contributed by atoms with Crippen LogP contribution >= 0.6 is 0 Å². The SMILES string of the molecule is Cc1cc(S(N)(=O)=O)cc(NC(=O)N2CC(C)CC(C(=O)O)C2)c1C. The number of carbonyl (C=O) groups is 2. The highest BCUT2D eigenvalue weighted by Crippen LogP contribution is 2.26. The number of hydrogen-bond donors (Lipinski definition) is 3. The fraction of sp³-hybridized carbons (Fsp3) is 0.500. The molecular weight excluding hydrogens is 346 g/mol. The summed E-state index contributed by atoms with van der Waals surface area (Å²) < 4.78 is 23.2. The second kappa shape index (κ2) is 7.01. The van der Waals surface area contributed by atoms with E-state index in [-0.39, 0.29) is 17.4 Å². The van der Waals surface area contributed by atoms with Crippen molar-refractivity contribution in [2.24, 2.45) is 17.0 Å². The molecule has 2 amide bonds. The third-order valence-electron chi connectivity index (χ3n) is 4.51. The van der Waals surface area contributed by atoms with E-state index in [9.17, 15) is 23.1 Å². The van der Waals surface area contributed by atoms with E-state index in [2.05, 4.69) is 5.32 Å². The average molecular weight is 369 g/mol. The smallest absolute Gasteiger partial charge is 0.321 e. The predicted molar refractivity (Wildman–Crippen MR) is 92.8 cm³/mol. The Morgan fingerprint density at radius 1 is 1.28 bits per heavy atom. The molecule has 2 rings (SSSR count). The van der Waals surface area contributed by atoms with Crippen LogP contribution in [0.2, 0.25) is 0 Å². The Kier molecular flexibility index (Phi) is 5.38. The molecule has 1 aliphatic heterocycles. The molecular formula is C16H23N3O5S. The lowest BCUT2D eigenvalue weighted by Crippen LogP contribution is -2.47. The van der Waals surface area contributed by atoms with Crippen molar-refractivity contribution in [3.05, 3.63) is 23.3 Å². The zero-order valence-electron chi connectivity index (χ0n) is 14.4. The summed E-state index contributed by atoms with van der Waals surface area (Å²) >= 11 is 0. The Hall–Kier alpha value is -2.13. The zero-order chi connectivity index (χ0) is 18.9. The molecule has 0 aromatic heterocycles. The number of anilines is 1. The topological polar surface area (TPSA) is 130 Å². The van der Waals surface area contributed by atoms with Crippen molar-refractivity contribution in [2.45, 2.75) is 32.1 Å². The normalized spacial score (nSPS) is 21.0. The summed E-state index contributed by atoms with van der Waals surface area (Å²) in [7, 11) is -3.90. The van der Waals surface area contributed by atoms with Crippen molar-refractivity contribution in [1.82, 2.24) is 4.90 Å². The molecule has 0 spiro atoms. The Bertz CT molecular complexity index is 806. The number of benzene rings is 1. The van der Waals surface area contributed by atoms with Crippen molar-refractivity contribution in [1.29, 1.82) is 0 Å². The fourth-order valence-corrected chi connectivity index (χ4v) is 3.63. The van der Waals surface area contributed by atoms with Crippen molar-refractivity contribution in [2.75, 3.05) is 18.4 Å². The first kappa shape index (κ1) is 19.2. The number of piperidine rings is 1. The highest BCUT2D eigenvalue weighted by molar-refractivity contribution is 7.89. The van der Waals surface area contributed by atoms with Crippen LogP contribution in [-0.4, -0.2) is 43.5 Å². The monoisotopic (exact) mass is 369 g/mol. The zero-order valence-corrected chi connectivity index (χ0v) is 15.3. The molecule has 1 fully saturated rings. The van der Waals surface area contributed by atoms with Crippen molar-refractivity contribution in [3.8, 4) is 0 Å². The molecule has 8 nitrogen and oxygen atoms in total. The molecule has 1 heterocycles. The maximum Gasteiger partial charge on any atom is 0.321 e. The molecule has 0 radical (unpaired) electrons. The molecule has 1 aliphatic rings. The Morgan fingerprint density at radius 2 is 1.92 bits per heavy atom. The number of amides is 2. The summed E-state index contributed by atoms with van der Waals surface area (Å²) in [6.07, 6.45) is 0.526. The number of sulfonamides is 1. The fourth-order valence-electron chi connectivity index (χ4n) is 3.01. The highest BCUT2D eigenvalue weighted by Gasteiger charge is 2.32. The quantitative estimate of drug-likeness (QED) is 0.744. The molecule has 2 unspecified atom stereocenters. The van der Waals surface area contributed by atoms with Gasteiger partial charge in [0.1, 0.15) is 0 Å². The van der Waals surface area contributed by atoms with E-state index in [4.69, 9.17) is 5.14 Å². The molecule has 138 valence electrons. The van der Waals surface area contributed by atoms with E-state index in [0.717, 1.165) is 5.56 Å². The minimum Gasteiger partial charge on any atom is -0.481 e. The molecule has 0 bridgehead atoms. The van der Waals surface area contributed by atoms with Gasteiger partial charge in [0.25, 0.3) is 0 Å². The van der Waals surface area contributed by atoms with E-state index >= 15 is 0 Å². The van der Waals surface area contributed by atoms with Gasteiger partial charge < -0.3 is 15.3 Å². The van der Waals surface area contributed by atoms with Crippen molar-refractivity contribution < 1.29 is 23.1 Å². The van der Waals surface area contributed by atoms with Gasteiger partial charge in [-0.05, 0) is 49.4 Å². The van der Waals surface area contributed by atoms with Crippen LogP contribution in [0.3, 0.4) is 0 Å². The largest absolute Gasteiger partial charge is 0.481 e. The van der Waals surface area contributed by atoms with Gasteiger partial charge in [0.2, 0.25) is 10.0 Å². The Morgan fingerprint density at radius 3 is 2.48 bits per heavy atom. The molecule has 2 atom stereocenters. The molecule has 25 heavy (non-hydrogen) atoms. The summed E-state index contributed by atoms with van der Waals surface area (Å²) in [6.45, 7) is 5.95. The maximum atomic E-state index is 12.5. The Labute approximate surface area is 147 Å². The van der Waals surface area contributed by atoms with Gasteiger partial charge in [0.05, 0.1) is 10.8 Å². The average Bonchev–Trinajstić information content (AvgIpc) is 2.49. The molecule has 0 saturated carbocycles. The van der Waals surface area contributed by atoms with Gasteiger partial charge in [-0.2, -0.15) is 0 Å². The number of nitrogens with two attached hydrogens (primary N) is 1. The number of hydrogen-bond acceptors (Lipinski definition) is 4. The summed E-state index contributed by atoms with van der Waals surface area (Å²) in [5.41, 5.74) is 1.75. The number of urea groups is 1. The van der Waals surface area contributed by atoms with Gasteiger partial charge in [0, 0.05) is 18.8 Å². The number of rotatable bonds is 3. The molecule has 1 aromatic rings. The number of nitrogens with one attached hydrogen (secondary N) is 1. The van der Waals surface area contributed by atoms with E-state index in [1.165, 1.54) is 17.0 Å². The highest BCUT2D eigenvalue weighted by atomic mass is 32.2. The second-order valence-electron chi connectivity index (χ2n) is 6.67.